The average Bonchev–Trinajstić information content (AvgIpc) is 3.02. The third-order valence-corrected chi connectivity index (χ3v) is 1.92. The maximum atomic E-state index is 11.4. The van der Waals surface area contributed by atoms with Crippen LogP contribution >= 0.6 is 0 Å². The van der Waals surface area contributed by atoms with Crippen molar-refractivity contribution in [1.29, 1.82) is 0 Å². The van der Waals surface area contributed by atoms with Crippen molar-refractivity contribution in [2.75, 3.05) is 0 Å². The number of nitrogens with one attached hydrogen (secondary N) is 2. The maximum absolute atomic E-state index is 11.4. The van der Waals surface area contributed by atoms with Crippen LogP contribution < -0.4 is 10.6 Å². The lowest BCUT2D eigenvalue weighted by molar-refractivity contribution is 0.222. The molecule has 2 rings (SSSR count). The molecule has 9 nitrogen and oxygen atoms in total. The number of carbonyl (C=O) groups excluding carboxylic acids is 3. The second-order valence-electron chi connectivity index (χ2n) is 3.13. The summed E-state index contributed by atoms with van der Waals surface area (Å²) >= 11 is 0. The maximum Gasteiger partial charge on any atom is 0.334 e. The van der Waals surface area contributed by atoms with Gasteiger partial charge >= 0.3 is 18.1 Å². The van der Waals surface area contributed by atoms with Crippen LogP contribution in [0.15, 0.2) is 37.4 Å². The van der Waals surface area contributed by atoms with Crippen molar-refractivity contribution in [2.24, 2.45) is 0 Å². The van der Waals surface area contributed by atoms with E-state index in [9.17, 15) is 14.4 Å². The van der Waals surface area contributed by atoms with Crippen LogP contribution in [-0.2, 0) is 0 Å². The molecule has 92 valence electrons. The number of amides is 4. The fourth-order valence-electron chi connectivity index (χ4n) is 1.11. The number of imidazole rings is 2. The summed E-state index contributed by atoms with van der Waals surface area (Å²) in [4.78, 5) is 41.4. The topological polar surface area (TPSA) is 111 Å². The fourth-order valence-corrected chi connectivity index (χ4v) is 1.11. The molecule has 0 aromatic carbocycles. The van der Waals surface area contributed by atoms with Crippen LogP contribution in [0.4, 0.5) is 14.4 Å². The van der Waals surface area contributed by atoms with Crippen LogP contribution in [0.25, 0.3) is 0 Å². The number of aromatic nitrogens is 4. The molecule has 0 bridgehead atoms. The van der Waals surface area contributed by atoms with Gasteiger partial charge in [-0.05, 0) is 0 Å². The van der Waals surface area contributed by atoms with Crippen molar-refractivity contribution >= 4 is 18.1 Å². The molecule has 0 fully saturated rings. The Morgan fingerprint density at radius 2 is 1.28 bits per heavy atom. The highest BCUT2D eigenvalue weighted by Crippen LogP contribution is 1.86. The van der Waals surface area contributed by atoms with Crippen molar-refractivity contribution < 1.29 is 14.4 Å². The Hall–Kier alpha value is -2.97. The predicted molar refractivity (Wildman–Crippen MR) is 57.7 cm³/mol. The highest BCUT2D eigenvalue weighted by atomic mass is 16.2. The number of hydrogen-bond acceptors (Lipinski definition) is 5. The molecule has 4 amide bonds. The van der Waals surface area contributed by atoms with Crippen molar-refractivity contribution in [3.8, 4) is 0 Å². The summed E-state index contributed by atoms with van der Waals surface area (Å²) in [6, 6.07) is -2.38. The summed E-state index contributed by atoms with van der Waals surface area (Å²) in [6.07, 6.45) is 7.93. The lowest BCUT2D eigenvalue weighted by Gasteiger charge is -2.05. The van der Waals surface area contributed by atoms with Crippen molar-refractivity contribution in [1.82, 2.24) is 29.7 Å². The van der Waals surface area contributed by atoms with E-state index >= 15 is 0 Å². The van der Waals surface area contributed by atoms with Gasteiger partial charge in [-0.1, -0.05) is 0 Å². The normalized spacial score (nSPS) is 9.78. The summed E-state index contributed by atoms with van der Waals surface area (Å²) in [5.41, 5.74) is 0. The Balaban J connectivity index is 1.90. The number of imide groups is 2. The van der Waals surface area contributed by atoms with Crippen molar-refractivity contribution in [2.45, 2.75) is 0 Å². The monoisotopic (exact) mass is 248 g/mol. The van der Waals surface area contributed by atoms with Gasteiger partial charge in [0.2, 0.25) is 0 Å². The molecule has 2 heterocycles. The summed E-state index contributed by atoms with van der Waals surface area (Å²) in [6.45, 7) is 0. The molecule has 0 unspecified atom stereocenters. The molecular formula is C9H8N6O3. The first-order chi connectivity index (χ1) is 8.66. The molecule has 2 aromatic heterocycles. The molecule has 0 aliphatic rings. The van der Waals surface area contributed by atoms with Gasteiger partial charge in [0, 0.05) is 24.8 Å². The lowest BCUT2D eigenvalue weighted by Crippen LogP contribution is -2.45. The molecule has 2 aromatic rings. The van der Waals surface area contributed by atoms with Crippen LogP contribution in [0, 0.1) is 0 Å². The lowest BCUT2D eigenvalue weighted by atomic mass is 10.7. The Bertz CT molecular complexity index is 509. The zero-order valence-corrected chi connectivity index (χ0v) is 8.98. The summed E-state index contributed by atoms with van der Waals surface area (Å²) in [7, 11) is 0. The van der Waals surface area contributed by atoms with E-state index < -0.39 is 18.1 Å². The zero-order chi connectivity index (χ0) is 13.0. The van der Waals surface area contributed by atoms with Gasteiger partial charge in [0.25, 0.3) is 0 Å². The fraction of sp³-hybridized carbons (Fsp3) is 0. The molecule has 0 saturated heterocycles. The number of carbonyl (C=O) groups is 3. The van der Waals surface area contributed by atoms with Crippen molar-refractivity contribution in [3.05, 3.63) is 37.4 Å². The Kier molecular flexibility index (Phi) is 3.14. The van der Waals surface area contributed by atoms with E-state index in [-0.39, 0.29) is 0 Å². The molecule has 0 saturated carbocycles. The average molecular weight is 248 g/mol. The zero-order valence-electron chi connectivity index (χ0n) is 8.98. The first kappa shape index (κ1) is 11.5. The number of nitrogens with zero attached hydrogens (tertiary/aromatic N) is 4. The van der Waals surface area contributed by atoms with Crippen LogP contribution in [0.1, 0.15) is 0 Å². The van der Waals surface area contributed by atoms with Crippen LogP contribution in [0.2, 0.25) is 0 Å². The quantitative estimate of drug-likeness (QED) is 0.682. The van der Waals surface area contributed by atoms with E-state index in [1.54, 1.807) is 0 Å². The highest BCUT2D eigenvalue weighted by Gasteiger charge is 2.12. The minimum Gasteiger partial charge on any atom is -0.259 e. The minimum absolute atomic E-state index is 0.719. The van der Waals surface area contributed by atoms with E-state index in [0.717, 1.165) is 9.13 Å². The molecule has 0 spiro atoms. The van der Waals surface area contributed by atoms with Gasteiger partial charge < -0.3 is 0 Å². The summed E-state index contributed by atoms with van der Waals surface area (Å²) < 4.78 is 2.11. The number of urea groups is 1. The van der Waals surface area contributed by atoms with Crippen LogP contribution in [0.5, 0.6) is 0 Å². The molecule has 0 aliphatic heterocycles. The SMILES string of the molecule is O=C(NC(=O)n1ccnc1)NC(=O)n1ccnc1. The highest BCUT2D eigenvalue weighted by molar-refractivity contribution is 6.02. The Morgan fingerprint density at radius 1 is 0.833 bits per heavy atom. The van der Waals surface area contributed by atoms with Gasteiger partial charge in [0.15, 0.2) is 0 Å². The Labute approximate surface area is 100 Å². The first-order valence-corrected chi connectivity index (χ1v) is 4.79. The molecule has 2 N–H and O–H groups in total. The van der Waals surface area contributed by atoms with E-state index in [2.05, 4.69) is 9.97 Å². The molecule has 0 radical (unpaired) electrons. The van der Waals surface area contributed by atoms with Crippen LogP contribution in [-0.4, -0.2) is 37.2 Å². The van der Waals surface area contributed by atoms with E-state index in [1.165, 1.54) is 37.4 Å². The second-order valence-corrected chi connectivity index (χ2v) is 3.13. The minimum atomic E-state index is -0.938. The van der Waals surface area contributed by atoms with Crippen LogP contribution in [0.3, 0.4) is 0 Å². The molecule has 0 aliphatic carbocycles. The third kappa shape index (κ3) is 2.58. The molecule has 9 heteroatoms. The van der Waals surface area contributed by atoms with Gasteiger partial charge in [-0.3, -0.25) is 19.8 Å². The number of hydrogen-bond donors (Lipinski definition) is 2. The summed E-state index contributed by atoms with van der Waals surface area (Å²) in [5.74, 6) is 0. The third-order valence-electron chi connectivity index (χ3n) is 1.92. The van der Waals surface area contributed by atoms with Gasteiger partial charge in [-0.25, -0.2) is 24.4 Å². The Morgan fingerprint density at radius 3 is 1.61 bits per heavy atom. The van der Waals surface area contributed by atoms with Gasteiger partial charge in [0.1, 0.15) is 12.7 Å². The van der Waals surface area contributed by atoms with E-state index in [1.807, 2.05) is 10.6 Å². The van der Waals surface area contributed by atoms with Gasteiger partial charge in [-0.15, -0.1) is 0 Å². The summed E-state index contributed by atoms with van der Waals surface area (Å²) in [5, 5.41) is 3.91. The van der Waals surface area contributed by atoms with E-state index in [4.69, 9.17) is 0 Å². The first-order valence-electron chi connectivity index (χ1n) is 4.79. The predicted octanol–water partition coefficient (Wildman–Crippen LogP) is 0.0152. The largest absolute Gasteiger partial charge is 0.334 e. The van der Waals surface area contributed by atoms with E-state index in [0.29, 0.717) is 0 Å². The van der Waals surface area contributed by atoms with Gasteiger partial charge in [0.05, 0.1) is 0 Å². The van der Waals surface area contributed by atoms with Gasteiger partial charge in [-0.2, -0.15) is 0 Å². The van der Waals surface area contributed by atoms with Crippen molar-refractivity contribution in [3.63, 3.8) is 0 Å². The smallest absolute Gasteiger partial charge is 0.259 e. The second kappa shape index (κ2) is 4.91. The number of rotatable bonds is 0. The standard InChI is InChI=1S/C9H8N6O3/c16-7(12-8(17)14-3-1-10-5-14)13-9(18)15-4-2-11-6-15/h1-6H,(H2,12,13,16,17,18). The molecule has 0 atom stereocenters. The molecular weight excluding hydrogens is 240 g/mol. The molecule has 18 heavy (non-hydrogen) atoms.